The smallest absolute Gasteiger partial charge is 0.0777 e. The molecule has 0 amide bonds. The Balaban J connectivity index is 2.03. The van der Waals surface area contributed by atoms with Crippen molar-refractivity contribution in [3.8, 4) is 0 Å². The van der Waals surface area contributed by atoms with Crippen molar-refractivity contribution in [1.82, 2.24) is 10.2 Å². The van der Waals surface area contributed by atoms with Gasteiger partial charge in [0.25, 0.3) is 0 Å². The van der Waals surface area contributed by atoms with Gasteiger partial charge in [0.15, 0.2) is 0 Å². The molecule has 0 spiro atoms. The maximum Gasteiger partial charge on any atom is 0.0777 e. The topological polar surface area (TPSA) is 24.5 Å². The number of likely N-dealkylation sites (N-methyl/N-ethyl adjacent to an activating group) is 1. The van der Waals surface area contributed by atoms with Crippen LogP contribution < -0.4 is 5.32 Å². The van der Waals surface area contributed by atoms with Crippen LogP contribution in [-0.2, 0) is 4.74 Å². The van der Waals surface area contributed by atoms with E-state index in [4.69, 9.17) is 4.74 Å². The van der Waals surface area contributed by atoms with E-state index >= 15 is 0 Å². The molecule has 112 valence electrons. The molecule has 1 saturated heterocycles. The number of ether oxygens (including phenoxy) is 1. The Morgan fingerprint density at radius 2 is 1.84 bits per heavy atom. The molecule has 19 heavy (non-hydrogen) atoms. The first-order valence-corrected chi connectivity index (χ1v) is 8.15. The highest BCUT2D eigenvalue weighted by Crippen LogP contribution is 2.29. The van der Waals surface area contributed by atoms with Gasteiger partial charge in [-0.25, -0.2) is 0 Å². The Bertz CT molecular complexity index is 271. The highest BCUT2D eigenvalue weighted by atomic mass is 16.5. The fraction of sp³-hybridized carbons (Fsp3) is 1.00. The molecule has 3 atom stereocenters. The molecule has 0 bridgehead atoms. The van der Waals surface area contributed by atoms with Gasteiger partial charge in [-0.1, -0.05) is 25.7 Å². The van der Waals surface area contributed by atoms with E-state index in [1.54, 1.807) is 0 Å². The fourth-order valence-electron chi connectivity index (χ4n) is 3.93. The van der Waals surface area contributed by atoms with Crippen molar-refractivity contribution >= 4 is 0 Å². The SMILES string of the molecule is CNC1CCCCCCC1N1CCCC(C)(OC)C1. The third-order valence-corrected chi connectivity index (χ3v) is 5.25. The summed E-state index contributed by atoms with van der Waals surface area (Å²) in [5.74, 6) is 0. The third kappa shape index (κ3) is 3.93. The quantitative estimate of drug-likeness (QED) is 0.852. The summed E-state index contributed by atoms with van der Waals surface area (Å²) in [4.78, 5) is 2.71. The summed E-state index contributed by atoms with van der Waals surface area (Å²) in [5, 5.41) is 3.58. The van der Waals surface area contributed by atoms with Gasteiger partial charge in [0.05, 0.1) is 5.60 Å². The Labute approximate surface area is 119 Å². The van der Waals surface area contributed by atoms with Crippen molar-refractivity contribution in [2.45, 2.75) is 76.0 Å². The minimum Gasteiger partial charge on any atom is -0.377 e. The molecule has 0 aromatic rings. The molecular formula is C16H32N2O. The van der Waals surface area contributed by atoms with Gasteiger partial charge < -0.3 is 10.1 Å². The van der Waals surface area contributed by atoms with Crippen molar-refractivity contribution in [1.29, 1.82) is 0 Å². The predicted octanol–water partition coefficient (Wildman–Crippen LogP) is 2.80. The first-order chi connectivity index (χ1) is 9.18. The van der Waals surface area contributed by atoms with E-state index in [0.29, 0.717) is 12.1 Å². The Hall–Kier alpha value is -0.120. The fourth-order valence-corrected chi connectivity index (χ4v) is 3.93. The monoisotopic (exact) mass is 268 g/mol. The number of nitrogens with one attached hydrogen (secondary N) is 1. The summed E-state index contributed by atoms with van der Waals surface area (Å²) < 4.78 is 5.76. The summed E-state index contributed by atoms with van der Waals surface area (Å²) in [6.45, 7) is 4.63. The molecule has 3 heteroatoms. The van der Waals surface area contributed by atoms with Crippen LogP contribution in [0.2, 0.25) is 0 Å². The lowest BCUT2D eigenvalue weighted by Gasteiger charge is -2.46. The van der Waals surface area contributed by atoms with E-state index in [-0.39, 0.29) is 5.60 Å². The zero-order valence-electron chi connectivity index (χ0n) is 13.1. The molecule has 3 nitrogen and oxygen atoms in total. The van der Waals surface area contributed by atoms with Crippen molar-refractivity contribution in [3.63, 3.8) is 0 Å². The molecule has 0 radical (unpaired) electrons. The number of nitrogens with zero attached hydrogens (tertiary/aromatic N) is 1. The van der Waals surface area contributed by atoms with E-state index in [2.05, 4.69) is 24.2 Å². The molecule has 2 fully saturated rings. The standard InChI is InChI=1S/C16H32N2O/c1-16(19-3)11-8-12-18(13-16)15-10-7-5-4-6-9-14(15)17-2/h14-15,17H,4-13H2,1-3H3. The van der Waals surface area contributed by atoms with Gasteiger partial charge in [0.2, 0.25) is 0 Å². The summed E-state index contributed by atoms with van der Waals surface area (Å²) in [6, 6.07) is 1.37. The van der Waals surface area contributed by atoms with Gasteiger partial charge in [-0.05, 0) is 46.2 Å². The van der Waals surface area contributed by atoms with Crippen LogP contribution in [0.4, 0.5) is 0 Å². The summed E-state index contributed by atoms with van der Waals surface area (Å²) in [7, 11) is 4.01. The average Bonchev–Trinajstić information content (AvgIpc) is 2.39. The van der Waals surface area contributed by atoms with Gasteiger partial charge >= 0.3 is 0 Å². The molecule has 2 aliphatic rings. The first kappa shape index (κ1) is 15.3. The second kappa shape index (κ2) is 7.05. The lowest BCUT2D eigenvalue weighted by atomic mass is 9.87. The van der Waals surface area contributed by atoms with Gasteiger partial charge in [0, 0.05) is 25.7 Å². The number of methoxy groups -OCH3 is 1. The normalized spacial score (nSPS) is 38.7. The second-order valence-electron chi connectivity index (χ2n) is 6.68. The number of rotatable bonds is 3. The van der Waals surface area contributed by atoms with Crippen LogP contribution in [0, 0.1) is 0 Å². The summed E-state index contributed by atoms with van der Waals surface area (Å²) in [6.07, 6.45) is 10.8. The van der Waals surface area contributed by atoms with Gasteiger partial charge in [-0.2, -0.15) is 0 Å². The van der Waals surface area contributed by atoms with Crippen LogP contribution in [0.25, 0.3) is 0 Å². The molecule has 1 aliphatic carbocycles. The van der Waals surface area contributed by atoms with E-state index in [9.17, 15) is 0 Å². The van der Waals surface area contributed by atoms with Crippen LogP contribution in [0.1, 0.15) is 58.3 Å². The van der Waals surface area contributed by atoms with E-state index in [1.165, 1.54) is 57.9 Å². The molecule has 0 aromatic heterocycles. The lowest BCUT2D eigenvalue weighted by molar-refractivity contribution is -0.0666. The van der Waals surface area contributed by atoms with Crippen molar-refractivity contribution in [2.75, 3.05) is 27.2 Å². The Morgan fingerprint density at radius 1 is 1.11 bits per heavy atom. The van der Waals surface area contributed by atoms with Crippen LogP contribution in [0.3, 0.4) is 0 Å². The molecule has 2 rings (SSSR count). The minimum absolute atomic E-state index is 0.0684. The lowest BCUT2D eigenvalue weighted by Crippen LogP contribution is -2.56. The molecule has 1 saturated carbocycles. The third-order valence-electron chi connectivity index (χ3n) is 5.25. The number of likely N-dealkylation sites (tertiary alicyclic amines) is 1. The maximum atomic E-state index is 5.76. The van der Waals surface area contributed by atoms with Crippen LogP contribution in [-0.4, -0.2) is 49.8 Å². The predicted molar refractivity (Wildman–Crippen MR) is 80.6 cm³/mol. The zero-order valence-corrected chi connectivity index (χ0v) is 13.1. The largest absolute Gasteiger partial charge is 0.377 e. The second-order valence-corrected chi connectivity index (χ2v) is 6.68. The van der Waals surface area contributed by atoms with Crippen LogP contribution in [0.15, 0.2) is 0 Å². The molecule has 3 unspecified atom stereocenters. The van der Waals surface area contributed by atoms with Gasteiger partial charge in [0.1, 0.15) is 0 Å². The van der Waals surface area contributed by atoms with Crippen LogP contribution >= 0.6 is 0 Å². The zero-order chi connectivity index (χ0) is 13.7. The maximum absolute atomic E-state index is 5.76. The molecule has 1 N–H and O–H groups in total. The molecule has 1 heterocycles. The van der Waals surface area contributed by atoms with Crippen LogP contribution in [0.5, 0.6) is 0 Å². The summed E-state index contributed by atoms with van der Waals surface area (Å²) in [5.41, 5.74) is 0.0684. The Kier molecular flexibility index (Phi) is 5.67. The molecular weight excluding hydrogens is 236 g/mol. The average molecular weight is 268 g/mol. The Morgan fingerprint density at radius 3 is 2.53 bits per heavy atom. The highest BCUT2D eigenvalue weighted by Gasteiger charge is 2.36. The first-order valence-electron chi connectivity index (χ1n) is 8.15. The summed E-state index contributed by atoms with van der Waals surface area (Å²) >= 11 is 0. The van der Waals surface area contributed by atoms with Crippen molar-refractivity contribution in [2.24, 2.45) is 0 Å². The van der Waals surface area contributed by atoms with E-state index in [0.717, 1.165) is 6.54 Å². The van der Waals surface area contributed by atoms with Crippen molar-refractivity contribution in [3.05, 3.63) is 0 Å². The number of hydrogen-bond donors (Lipinski definition) is 1. The highest BCUT2D eigenvalue weighted by molar-refractivity contribution is 4.92. The van der Waals surface area contributed by atoms with E-state index < -0.39 is 0 Å². The van der Waals surface area contributed by atoms with E-state index in [1.807, 2.05) is 7.11 Å². The molecule has 0 aromatic carbocycles. The van der Waals surface area contributed by atoms with Crippen molar-refractivity contribution < 1.29 is 4.74 Å². The van der Waals surface area contributed by atoms with Gasteiger partial charge in [-0.3, -0.25) is 4.90 Å². The molecule has 1 aliphatic heterocycles. The number of hydrogen-bond acceptors (Lipinski definition) is 3. The van der Waals surface area contributed by atoms with Gasteiger partial charge in [-0.15, -0.1) is 0 Å². The minimum atomic E-state index is 0.0684. The number of piperidine rings is 1.